The Morgan fingerprint density at radius 3 is 2.05 bits per heavy atom. The number of methoxy groups -OCH3 is 1. The van der Waals surface area contributed by atoms with Gasteiger partial charge in [0.25, 0.3) is 0 Å². The molecule has 0 saturated heterocycles. The standard InChI is InChI=1S/C16H14Cl2O4/c1-10(16(19)20-2)21-13-3-5-14(6-4-13)22-15-8-11(17)7-12(18)9-15/h3-10H,1-2H3. The molecular formula is C16H14Cl2O4. The van der Waals surface area contributed by atoms with Gasteiger partial charge in [-0.1, -0.05) is 23.2 Å². The molecule has 0 N–H and O–H groups in total. The summed E-state index contributed by atoms with van der Waals surface area (Å²) < 4.78 is 15.7. The first-order valence-corrected chi connectivity index (χ1v) is 7.22. The predicted octanol–water partition coefficient (Wildman–Crippen LogP) is 4.73. The normalized spacial score (nSPS) is 11.6. The van der Waals surface area contributed by atoms with Crippen molar-refractivity contribution in [1.29, 1.82) is 0 Å². The van der Waals surface area contributed by atoms with E-state index in [1.54, 1.807) is 49.4 Å². The van der Waals surface area contributed by atoms with Crippen molar-refractivity contribution in [2.24, 2.45) is 0 Å². The molecule has 0 fully saturated rings. The summed E-state index contributed by atoms with van der Waals surface area (Å²) in [5, 5.41) is 0.990. The molecule has 1 unspecified atom stereocenters. The molecule has 0 aliphatic rings. The minimum Gasteiger partial charge on any atom is -0.479 e. The van der Waals surface area contributed by atoms with E-state index in [0.717, 1.165) is 0 Å². The summed E-state index contributed by atoms with van der Waals surface area (Å²) >= 11 is 11.8. The van der Waals surface area contributed by atoms with Gasteiger partial charge in [0.2, 0.25) is 0 Å². The number of ether oxygens (including phenoxy) is 3. The average Bonchev–Trinajstić information content (AvgIpc) is 2.47. The number of hydrogen-bond acceptors (Lipinski definition) is 4. The fourth-order valence-electron chi connectivity index (χ4n) is 1.73. The topological polar surface area (TPSA) is 44.8 Å². The van der Waals surface area contributed by atoms with Crippen LogP contribution in [0.25, 0.3) is 0 Å². The van der Waals surface area contributed by atoms with Gasteiger partial charge in [0.1, 0.15) is 17.2 Å². The number of benzene rings is 2. The second kappa shape index (κ2) is 7.38. The minimum atomic E-state index is -0.677. The summed E-state index contributed by atoms with van der Waals surface area (Å²) in [6, 6.07) is 11.8. The Hall–Kier alpha value is -1.91. The lowest BCUT2D eigenvalue weighted by molar-refractivity contribution is -0.147. The lowest BCUT2D eigenvalue weighted by Gasteiger charge is -2.13. The highest BCUT2D eigenvalue weighted by Gasteiger charge is 2.14. The molecule has 4 nitrogen and oxygen atoms in total. The maximum atomic E-state index is 11.3. The maximum absolute atomic E-state index is 11.3. The second-order valence-electron chi connectivity index (χ2n) is 4.46. The van der Waals surface area contributed by atoms with E-state index < -0.39 is 12.1 Å². The van der Waals surface area contributed by atoms with E-state index in [1.807, 2.05) is 0 Å². The van der Waals surface area contributed by atoms with Gasteiger partial charge in [-0.25, -0.2) is 4.79 Å². The van der Waals surface area contributed by atoms with Crippen molar-refractivity contribution in [3.8, 4) is 17.2 Å². The highest BCUT2D eigenvalue weighted by atomic mass is 35.5. The van der Waals surface area contributed by atoms with Gasteiger partial charge in [0, 0.05) is 10.0 Å². The third-order valence-corrected chi connectivity index (χ3v) is 3.18. The molecule has 2 rings (SSSR count). The molecule has 0 radical (unpaired) electrons. The molecular weight excluding hydrogens is 327 g/mol. The average molecular weight is 341 g/mol. The molecule has 2 aromatic carbocycles. The SMILES string of the molecule is COC(=O)C(C)Oc1ccc(Oc2cc(Cl)cc(Cl)c2)cc1. The molecule has 2 aromatic rings. The summed E-state index contributed by atoms with van der Waals surface area (Å²) in [4.78, 5) is 11.3. The van der Waals surface area contributed by atoms with Crippen molar-refractivity contribution in [3.05, 3.63) is 52.5 Å². The summed E-state index contributed by atoms with van der Waals surface area (Å²) in [5.41, 5.74) is 0. The molecule has 6 heteroatoms. The molecule has 0 spiro atoms. The van der Waals surface area contributed by atoms with Crippen LogP contribution in [0.5, 0.6) is 17.2 Å². The highest BCUT2D eigenvalue weighted by Crippen LogP contribution is 2.29. The van der Waals surface area contributed by atoms with E-state index in [1.165, 1.54) is 7.11 Å². The molecule has 116 valence electrons. The van der Waals surface area contributed by atoms with Gasteiger partial charge in [-0.2, -0.15) is 0 Å². The fourth-order valence-corrected chi connectivity index (χ4v) is 2.23. The van der Waals surface area contributed by atoms with Crippen LogP contribution in [0.1, 0.15) is 6.92 Å². The molecule has 0 aromatic heterocycles. The molecule has 0 aliphatic heterocycles. The van der Waals surface area contributed by atoms with Crippen LogP contribution in [0.4, 0.5) is 0 Å². The largest absolute Gasteiger partial charge is 0.479 e. The van der Waals surface area contributed by atoms with Gasteiger partial charge in [0.05, 0.1) is 7.11 Å². The molecule has 0 saturated carbocycles. The zero-order valence-corrected chi connectivity index (χ0v) is 13.5. The third-order valence-electron chi connectivity index (χ3n) is 2.74. The lowest BCUT2D eigenvalue weighted by atomic mass is 10.3. The quantitative estimate of drug-likeness (QED) is 0.738. The smallest absolute Gasteiger partial charge is 0.346 e. The monoisotopic (exact) mass is 340 g/mol. The number of rotatable bonds is 5. The van der Waals surface area contributed by atoms with Crippen LogP contribution in [0.2, 0.25) is 10.0 Å². The van der Waals surface area contributed by atoms with Gasteiger partial charge in [-0.15, -0.1) is 0 Å². The summed E-state index contributed by atoms with van der Waals surface area (Å²) in [5.74, 6) is 1.23. The summed E-state index contributed by atoms with van der Waals surface area (Å²) in [6.07, 6.45) is -0.677. The van der Waals surface area contributed by atoms with Crippen LogP contribution in [-0.2, 0) is 9.53 Å². The Kier molecular flexibility index (Phi) is 5.52. The minimum absolute atomic E-state index is 0.436. The van der Waals surface area contributed by atoms with Crippen LogP contribution >= 0.6 is 23.2 Å². The summed E-state index contributed by atoms with van der Waals surface area (Å²) in [6.45, 7) is 1.62. The van der Waals surface area contributed by atoms with Crippen molar-refractivity contribution in [2.75, 3.05) is 7.11 Å². The van der Waals surface area contributed by atoms with Crippen molar-refractivity contribution in [1.82, 2.24) is 0 Å². The van der Waals surface area contributed by atoms with E-state index >= 15 is 0 Å². The van der Waals surface area contributed by atoms with E-state index in [4.69, 9.17) is 32.7 Å². The van der Waals surface area contributed by atoms with Crippen LogP contribution in [0.15, 0.2) is 42.5 Å². The Labute approximate surface area is 138 Å². The zero-order valence-electron chi connectivity index (χ0n) is 12.0. The number of carbonyl (C=O) groups is 1. The van der Waals surface area contributed by atoms with E-state index in [9.17, 15) is 4.79 Å². The van der Waals surface area contributed by atoms with Gasteiger partial charge in [0.15, 0.2) is 6.10 Å². The summed E-state index contributed by atoms with van der Waals surface area (Å²) in [7, 11) is 1.31. The number of hydrogen-bond donors (Lipinski definition) is 0. The molecule has 0 bridgehead atoms. The van der Waals surface area contributed by atoms with Crippen molar-refractivity contribution < 1.29 is 19.0 Å². The third kappa shape index (κ3) is 4.55. The van der Waals surface area contributed by atoms with Crippen molar-refractivity contribution in [2.45, 2.75) is 13.0 Å². The first-order chi connectivity index (χ1) is 10.5. The van der Waals surface area contributed by atoms with Crippen LogP contribution in [0.3, 0.4) is 0 Å². The lowest BCUT2D eigenvalue weighted by Crippen LogP contribution is -2.24. The Balaban J connectivity index is 2.04. The van der Waals surface area contributed by atoms with Gasteiger partial charge >= 0.3 is 5.97 Å². The fraction of sp³-hybridized carbons (Fsp3) is 0.188. The Bertz CT molecular complexity index is 635. The van der Waals surface area contributed by atoms with Crippen LogP contribution in [0, 0.1) is 0 Å². The Morgan fingerprint density at radius 2 is 1.50 bits per heavy atom. The molecule has 1 atom stereocenters. The molecule has 0 aliphatic carbocycles. The van der Waals surface area contributed by atoms with Crippen LogP contribution in [-0.4, -0.2) is 19.2 Å². The van der Waals surface area contributed by atoms with Gasteiger partial charge < -0.3 is 14.2 Å². The van der Waals surface area contributed by atoms with E-state index in [-0.39, 0.29) is 0 Å². The number of esters is 1. The molecule has 0 amide bonds. The second-order valence-corrected chi connectivity index (χ2v) is 5.33. The molecule has 0 heterocycles. The van der Waals surface area contributed by atoms with Gasteiger partial charge in [-0.3, -0.25) is 0 Å². The number of halogens is 2. The van der Waals surface area contributed by atoms with E-state index in [2.05, 4.69) is 4.74 Å². The first-order valence-electron chi connectivity index (χ1n) is 6.46. The van der Waals surface area contributed by atoms with Crippen molar-refractivity contribution >= 4 is 29.2 Å². The number of carbonyl (C=O) groups excluding carboxylic acids is 1. The Morgan fingerprint density at radius 1 is 0.955 bits per heavy atom. The van der Waals surface area contributed by atoms with Crippen molar-refractivity contribution in [3.63, 3.8) is 0 Å². The predicted molar refractivity (Wildman–Crippen MR) is 85.1 cm³/mol. The van der Waals surface area contributed by atoms with E-state index in [0.29, 0.717) is 27.3 Å². The zero-order chi connectivity index (χ0) is 16.1. The highest BCUT2D eigenvalue weighted by molar-refractivity contribution is 6.34. The van der Waals surface area contributed by atoms with Crippen LogP contribution < -0.4 is 9.47 Å². The first kappa shape index (κ1) is 16.5. The maximum Gasteiger partial charge on any atom is 0.346 e. The van der Waals surface area contributed by atoms with Gasteiger partial charge in [-0.05, 0) is 49.4 Å². The molecule has 22 heavy (non-hydrogen) atoms.